The van der Waals surface area contributed by atoms with Crippen LogP contribution in [-0.4, -0.2) is 55.7 Å². The Bertz CT molecular complexity index is 257. The van der Waals surface area contributed by atoms with Gasteiger partial charge in [-0.1, -0.05) is 13.8 Å². The zero-order chi connectivity index (χ0) is 14.1. The predicted octanol–water partition coefficient (Wildman–Crippen LogP) is 0.731. The van der Waals surface area contributed by atoms with Crippen LogP contribution in [0.15, 0.2) is 0 Å². The third-order valence-electron chi connectivity index (χ3n) is 3.76. The molecule has 0 aliphatic carbocycles. The zero-order valence-electron chi connectivity index (χ0n) is 12.4. The molecule has 1 amide bonds. The lowest BCUT2D eigenvalue weighted by molar-refractivity contribution is -0.131. The molecule has 19 heavy (non-hydrogen) atoms. The van der Waals surface area contributed by atoms with Gasteiger partial charge in [-0.05, 0) is 45.3 Å². The monoisotopic (exact) mass is 271 g/mol. The van der Waals surface area contributed by atoms with Crippen molar-refractivity contribution in [3.05, 3.63) is 0 Å². The van der Waals surface area contributed by atoms with E-state index in [0.29, 0.717) is 6.54 Å². The molecule has 0 bridgehead atoms. The number of amides is 1. The topological polar surface area (TPSA) is 67.6 Å². The Kier molecular flexibility index (Phi) is 8.02. The third kappa shape index (κ3) is 5.89. The number of nitrogens with zero attached hydrogens (tertiary/aromatic N) is 1. The van der Waals surface area contributed by atoms with E-state index in [4.69, 9.17) is 10.5 Å². The molecule has 0 aromatic rings. The number of rotatable bonds is 9. The van der Waals surface area contributed by atoms with Crippen molar-refractivity contribution in [2.75, 3.05) is 32.7 Å². The molecule has 1 fully saturated rings. The van der Waals surface area contributed by atoms with E-state index in [1.54, 1.807) is 0 Å². The van der Waals surface area contributed by atoms with Gasteiger partial charge in [-0.2, -0.15) is 0 Å². The van der Waals surface area contributed by atoms with Gasteiger partial charge in [-0.3, -0.25) is 4.79 Å². The Morgan fingerprint density at radius 1 is 1.32 bits per heavy atom. The summed E-state index contributed by atoms with van der Waals surface area (Å²) in [5.74, 6) is 0.0267. The van der Waals surface area contributed by atoms with Crippen LogP contribution in [0.4, 0.5) is 0 Å². The van der Waals surface area contributed by atoms with Crippen LogP contribution in [0.25, 0.3) is 0 Å². The van der Waals surface area contributed by atoms with Crippen LogP contribution in [0, 0.1) is 0 Å². The van der Waals surface area contributed by atoms with Crippen LogP contribution >= 0.6 is 0 Å². The second kappa shape index (κ2) is 9.28. The van der Waals surface area contributed by atoms with E-state index in [1.807, 2.05) is 0 Å². The summed E-state index contributed by atoms with van der Waals surface area (Å²) in [5.41, 5.74) is 5.53. The number of unbranched alkanes of at least 4 members (excludes halogenated alkanes) is 1. The summed E-state index contributed by atoms with van der Waals surface area (Å²) in [6, 6.07) is 0. The van der Waals surface area contributed by atoms with Crippen LogP contribution in [-0.2, 0) is 9.53 Å². The number of hydrogen-bond acceptors (Lipinski definition) is 4. The second-order valence-corrected chi connectivity index (χ2v) is 5.08. The van der Waals surface area contributed by atoms with Gasteiger partial charge >= 0.3 is 0 Å². The molecule has 1 heterocycles. The Morgan fingerprint density at radius 2 is 2.05 bits per heavy atom. The fraction of sp³-hybridized carbons (Fsp3) is 0.929. The van der Waals surface area contributed by atoms with Crippen molar-refractivity contribution < 1.29 is 9.53 Å². The minimum Gasteiger partial charge on any atom is -0.364 e. The average molecular weight is 271 g/mol. The van der Waals surface area contributed by atoms with Gasteiger partial charge in [0.15, 0.2) is 0 Å². The molecule has 5 heteroatoms. The molecule has 2 atom stereocenters. The zero-order valence-corrected chi connectivity index (χ0v) is 12.4. The van der Waals surface area contributed by atoms with Crippen LogP contribution in [0.5, 0.6) is 0 Å². The van der Waals surface area contributed by atoms with Gasteiger partial charge in [0.05, 0.1) is 6.10 Å². The summed E-state index contributed by atoms with van der Waals surface area (Å²) in [5, 5.41) is 2.96. The molecule has 0 aromatic heterocycles. The molecule has 1 saturated heterocycles. The second-order valence-electron chi connectivity index (χ2n) is 5.08. The maximum absolute atomic E-state index is 11.8. The van der Waals surface area contributed by atoms with Crippen molar-refractivity contribution in [2.45, 2.75) is 51.7 Å². The summed E-state index contributed by atoms with van der Waals surface area (Å²) in [6.45, 7) is 8.91. The van der Waals surface area contributed by atoms with Gasteiger partial charge in [-0.25, -0.2) is 0 Å². The fourth-order valence-electron chi connectivity index (χ4n) is 2.40. The molecule has 0 aromatic carbocycles. The van der Waals surface area contributed by atoms with Crippen molar-refractivity contribution >= 4 is 5.91 Å². The van der Waals surface area contributed by atoms with E-state index in [-0.39, 0.29) is 18.1 Å². The van der Waals surface area contributed by atoms with E-state index in [0.717, 1.165) is 51.9 Å². The minimum absolute atomic E-state index is 0.0267. The van der Waals surface area contributed by atoms with Gasteiger partial charge in [0, 0.05) is 13.1 Å². The molecular formula is C14H29N3O2. The van der Waals surface area contributed by atoms with E-state index >= 15 is 0 Å². The molecule has 3 N–H and O–H groups in total. The average Bonchev–Trinajstić information content (AvgIpc) is 2.91. The van der Waals surface area contributed by atoms with Crippen LogP contribution < -0.4 is 11.1 Å². The SMILES string of the molecule is CCN(CC)CCCCNC(=O)[C@@H]1CC[C@H](CN)O1. The van der Waals surface area contributed by atoms with Gasteiger partial charge in [0.1, 0.15) is 6.10 Å². The summed E-state index contributed by atoms with van der Waals surface area (Å²) < 4.78 is 5.56. The number of carbonyl (C=O) groups is 1. The van der Waals surface area contributed by atoms with Crippen LogP contribution in [0.2, 0.25) is 0 Å². The Balaban J connectivity index is 2.05. The summed E-state index contributed by atoms with van der Waals surface area (Å²) >= 11 is 0. The fourth-order valence-corrected chi connectivity index (χ4v) is 2.40. The highest BCUT2D eigenvalue weighted by Crippen LogP contribution is 2.18. The first-order valence-corrected chi connectivity index (χ1v) is 7.56. The summed E-state index contributed by atoms with van der Waals surface area (Å²) in [4.78, 5) is 14.2. The van der Waals surface area contributed by atoms with Gasteiger partial charge < -0.3 is 20.7 Å². The van der Waals surface area contributed by atoms with Gasteiger partial charge in [0.25, 0.3) is 0 Å². The van der Waals surface area contributed by atoms with Crippen molar-refractivity contribution in [3.8, 4) is 0 Å². The molecular weight excluding hydrogens is 242 g/mol. The molecule has 1 rings (SSSR count). The molecule has 1 aliphatic heterocycles. The van der Waals surface area contributed by atoms with E-state index in [9.17, 15) is 4.79 Å². The van der Waals surface area contributed by atoms with Crippen LogP contribution in [0.1, 0.15) is 39.5 Å². The van der Waals surface area contributed by atoms with E-state index < -0.39 is 0 Å². The van der Waals surface area contributed by atoms with Gasteiger partial charge in [-0.15, -0.1) is 0 Å². The van der Waals surface area contributed by atoms with E-state index in [1.165, 1.54) is 0 Å². The number of nitrogens with two attached hydrogens (primary N) is 1. The van der Waals surface area contributed by atoms with Gasteiger partial charge in [0.2, 0.25) is 5.91 Å². The highest BCUT2D eigenvalue weighted by molar-refractivity contribution is 5.80. The lowest BCUT2D eigenvalue weighted by Crippen LogP contribution is -2.36. The first kappa shape index (κ1) is 16.4. The first-order chi connectivity index (χ1) is 9.21. The number of carbonyl (C=O) groups excluding carboxylic acids is 1. The quantitative estimate of drug-likeness (QED) is 0.607. The number of nitrogens with one attached hydrogen (secondary N) is 1. The Hall–Kier alpha value is -0.650. The largest absolute Gasteiger partial charge is 0.364 e. The molecule has 0 unspecified atom stereocenters. The third-order valence-corrected chi connectivity index (χ3v) is 3.76. The van der Waals surface area contributed by atoms with E-state index in [2.05, 4.69) is 24.1 Å². The van der Waals surface area contributed by atoms with Crippen molar-refractivity contribution in [2.24, 2.45) is 5.73 Å². The molecule has 0 saturated carbocycles. The standard InChI is InChI=1S/C14H29N3O2/c1-3-17(4-2)10-6-5-9-16-14(18)13-8-7-12(11-15)19-13/h12-13H,3-11,15H2,1-2H3,(H,16,18)/t12-,13+/m1/s1. The lowest BCUT2D eigenvalue weighted by atomic mass is 10.2. The van der Waals surface area contributed by atoms with Crippen LogP contribution in [0.3, 0.4) is 0 Å². The van der Waals surface area contributed by atoms with Crippen molar-refractivity contribution in [3.63, 3.8) is 0 Å². The number of ether oxygens (including phenoxy) is 1. The Labute approximate surface area is 116 Å². The smallest absolute Gasteiger partial charge is 0.249 e. The molecule has 112 valence electrons. The predicted molar refractivity (Wildman–Crippen MR) is 77.0 cm³/mol. The molecule has 5 nitrogen and oxygen atoms in total. The van der Waals surface area contributed by atoms with Crippen molar-refractivity contribution in [1.82, 2.24) is 10.2 Å². The highest BCUT2D eigenvalue weighted by atomic mass is 16.5. The summed E-state index contributed by atoms with van der Waals surface area (Å²) in [6.07, 6.45) is 3.63. The molecule has 0 radical (unpaired) electrons. The molecule has 0 spiro atoms. The molecule has 1 aliphatic rings. The first-order valence-electron chi connectivity index (χ1n) is 7.56. The normalized spacial score (nSPS) is 22.9. The highest BCUT2D eigenvalue weighted by Gasteiger charge is 2.29. The minimum atomic E-state index is -0.281. The maximum atomic E-state index is 11.8. The Morgan fingerprint density at radius 3 is 2.63 bits per heavy atom. The lowest BCUT2D eigenvalue weighted by Gasteiger charge is -2.17. The maximum Gasteiger partial charge on any atom is 0.249 e. The summed E-state index contributed by atoms with van der Waals surface area (Å²) in [7, 11) is 0. The van der Waals surface area contributed by atoms with Crippen molar-refractivity contribution in [1.29, 1.82) is 0 Å². The number of hydrogen-bond donors (Lipinski definition) is 2.